The van der Waals surface area contributed by atoms with Crippen molar-refractivity contribution in [3.05, 3.63) is 66.2 Å². The minimum atomic E-state index is -0.980. The third-order valence-corrected chi connectivity index (χ3v) is 3.31. The van der Waals surface area contributed by atoms with Crippen molar-refractivity contribution in [1.29, 1.82) is 0 Å². The summed E-state index contributed by atoms with van der Waals surface area (Å²) < 4.78 is 0. The van der Waals surface area contributed by atoms with Crippen molar-refractivity contribution in [3.63, 3.8) is 0 Å². The van der Waals surface area contributed by atoms with Gasteiger partial charge in [0.05, 0.1) is 5.56 Å². The number of carboxylic acids is 1. The van der Waals surface area contributed by atoms with Crippen molar-refractivity contribution in [2.45, 2.75) is 0 Å². The molecule has 0 spiro atoms. The van der Waals surface area contributed by atoms with Gasteiger partial charge < -0.3 is 10.2 Å². The second-order valence-corrected chi connectivity index (χ2v) is 4.57. The fourth-order valence-electron chi connectivity index (χ4n) is 2.37. The number of phenols is 1. The highest BCUT2D eigenvalue weighted by molar-refractivity contribution is 6.00. The second-order valence-electron chi connectivity index (χ2n) is 4.57. The lowest BCUT2D eigenvalue weighted by Gasteiger charge is -2.10. The number of aromatic hydroxyl groups is 1. The smallest absolute Gasteiger partial charge is 0.335 e. The van der Waals surface area contributed by atoms with Gasteiger partial charge in [-0.25, -0.2) is 4.79 Å². The molecule has 98 valence electrons. The summed E-state index contributed by atoms with van der Waals surface area (Å²) in [5.74, 6) is -0.835. The number of fused-ring (bicyclic) bond motifs is 1. The van der Waals surface area contributed by atoms with E-state index in [1.807, 2.05) is 30.3 Å². The third kappa shape index (κ3) is 1.99. The van der Waals surface area contributed by atoms with Gasteiger partial charge in [0.1, 0.15) is 5.75 Å². The monoisotopic (exact) mass is 264 g/mol. The van der Waals surface area contributed by atoms with Crippen LogP contribution in [-0.2, 0) is 0 Å². The standard InChI is InChI=1S/C17H12O3/c18-15-9-8-11-4-1-2-7-14(11)16(15)12-5-3-6-13(10-12)17(19)20/h1-10,18H,(H,19,20). The highest BCUT2D eigenvalue weighted by Gasteiger charge is 2.11. The molecule has 0 bridgehead atoms. The summed E-state index contributed by atoms with van der Waals surface area (Å²) in [6, 6.07) is 17.8. The van der Waals surface area contributed by atoms with Crippen LogP contribution >= 0.6 is 0 Å². The first-order valence-corrected chi connectivity index (χ1v) is 6.21. The Balaban J connectivity index is 2.31. The molecule has 3 aromatic rings. The fourth-order valence-corrected chi connectivity index (χ4v) is 2.37. The maximum absolute atomic E-state index is 11.1. The molecule has 0 aliphatic heterocycles. The van der Waals surface area contributed by atoms with E-state index in [0.717, 1.165) is 10.8 Å². The SMILES string of the molecule is O=C(O)c1cccc(-c2c(O)ccc3ccccc23)c1. The van der Waals surface area contributed by atoms with E-state index in [1.165, 1.54) is 6.07 Å². The third-order valence-electron chi connectivity index (χ3n) is 3.31. The molecule has 0 unspecified atom stereocenters. The number of hydrogen-bond donors (Lipinski definition) is 2. The zero-order chi connectivity index (χ0) is 14.1. The zero-order valence-electron chi connectivity index (χ0n) is 10.6. The van der Waals surface area contributed by atoms with Crippen LogP contribution in [0.5, 0.6) is 5.75 Å². The van der Waals surface area contributed by atoms with E-state index in [4.69, 9.17) is 5.11 Å². The van der Waals surface area contributed by atoms with Gasteiger partial charge >= 0.3 is 5.97 Å². The number of hydrogen-bond acceptors (Lipinski definition) is 2. The van der Waals surface area contributed by atoms with Gasteiger partial charge in [-0.1, -0.05) is 42.5 Å². The molecule has 0 aliphatic rings. The molecule has 0 radical (unpaired) electrons. The lowest BCUT2D eigenvalue weighted by Crippen LogP contribution is -1.96. The molecule has 3 heteroatoms. The topological polar surface area (TPSA) is 57.5 Å². The summed E-state index contributed by atoms with van der Waals surface area (Å²) in [6.07, 6.45) is 0. The van der Waals surface area contributed by atoms with E-state index >= 15 is 0 Å². The molecule has 0 saturated heterocycles. The summed E-state index contributed by atoms with van der Waals surface area (Å²) in [6.45, 7) is 0. The molecule has 2 N–H and O–H groups in total. The highest BCUT2D eigenvalue weighted by atomic mass is 16.4. The molecule has 20 heavy (non-hydrogen) atoms. The first-order chi connectivity index (χ1) is 9.66. The highest BCUT2D eigenvalue weighted by Crippen LogP contribution is 2.36. The van der Waals surface area contributed by atoms with Crippen molar-refractivity contribution < 1.29 is 15.0 Å². The molecule has 0 heterocycles. The fraction of sp³-hybridized carbons (Fsp3) is 0. The molecule has 3 nitrogen and oxygen atoms in total. The molecular weight excluding hydrogens is 252 g/mol. The van der Waals surface area contributed by atoms with Gasteiger partial charge in [0, 0.05) is 5.56 Å². The van der Waals surface area contributed by atoms with Crippen molar-refractivity contribution in [2.24, 2.45) is 0 Å². The Morgan fingerprint density at radius 2 is 1.70 bits per heavy atom. The molecule has 3 aromatic carbocycles. The molecule has 3 rings (SSSR count). The Bertz CT molecular complexity index is 806. The van der Waals surface area contributed by atoms with Crippen LogP contribution in [0.3, 0.4) is 0 Å². The Morgan fingerprint density at radius 1 is 0.900 bits per heavy atom. The van der Waals surface area contributed by atoms with E-state index in [0.29, 0.717) is 11.1 Å². The lowest BCUT2D eigenvalue weighted by atomic mass is 9.96. The van der Waals surface area contributed by atoms with Crippen LogP contribution in [0.4, 0.5) is 0 Å². The Morgan fingerprint density at radius 3 is 2.50 bits per heavy atom. The maximum atomic E-state index is 11.1. The summed E-state index contributed by atoms with van der Waals surface area (Å²) in [4.78, 5) is 11.1. The Hall–Kier alpha value is -2.81. The summed E-state index contributed by atoms with van der Waals surface area (Å²) in [5.41, 5.74) is 1.56. The largest absolute Gasteiger partial charge is 0.507 e. The second kappa shape index (κ2) is 4.70. The molecule has 0 amide bonds. The maximum Gasteiger partial charge on any atom is 0.335 e. The van der Waals surface area contributed by atoms with Crippen molar-refractivity contribution >= 4 is 16.7 Å². The average molecular weight is 264 g/mol. The number of carboxylic acid groups (broad SMARTS) is 1. The van der Waals surface area contributed by atoms with E-state index in [-0.39, 0.29) is 11.3 Å². The van der Waals surface area contributed by atoms with Crippen LogP contribution in [-0.4, -0.2) is 16.2 Å². The van der Waals surface area contributed by atoms with Gasteiger partial charge in [0.2, 0.25) is 0 Å². The number of phenolic OH excluding ortho intramolecular Hbond substituents is 1. The normalized spacial score (nSPS) is 10.6. The van der Waals surface area contributed by atoms with Crippen LogP contribution in [0.2, 0.25) is 0 Å². The van der Waals surface area contributed by atoms with Gasteiger partial charge in [0.25, 0.3) is 0 Å². The quantitative estimate of drug-likeness (QED) is 0.737. The minimum absolute atomic E-state index is 0.145. The van der Waals surface area contributed by atoms with E-state index in [9.17, 15) is 9.90 Å². The first-order valence-electron chi connectivity index (χ1n) is 6.21. The number of benzene rings is 3. The Kier molecular flexibility index (Phi) is 2.88. The van der Waals surface area contributed by atoms with Crippen LogP contribution in [0, 0.1) is 0 Å². The number of rotatable bonds is 2. The van der Waals surface area contributed by atoms with E-state index in [1.54, 1.807) is 24.3 Å². The van der Waals surface area contributed by atoms with Crippen LogP contribution in [0.25, 0.3) is 21.9 Å². The van der Waals surface area contributed by atoms with Crippen LogP contribution in [0.1, 0.15) is 10.4 Å². The van der Waals surface area contributed by atoms with Crippen molar-refractivity contribution in [1.82, 2.24) is 0 Å². The van der Waals surface area contributed by atoms with Crippen molar-refractivity contribution in [2.75, 3.05) is 0 Å². The van der Waals surface area contributed by atoms with Crippen LogP contribution in [0.15, 0.2) is 60.7 Å². The van der Waals surface area contributed by atoms with Gasteiger partial charge in [-0.05, 0) is 34.5 Å². The molecule has 0 aliphatic carbocycles. The predicted octanol–water partition coefficient (Wildman–Crippen LogP) is 3.91. The zero-order valence-corrected chi connectivity index (χ0v) is 10.6. The lowest BCUT2D eigenvalue weighted by molar-refractivity contribution is 0.0697. The molecule has 0 fully saturated rings. The minimum Gasteiger partial charge on any atom is -0.507 e. The van der Waals surface area contributed by atoms with Gasteiger partial charge in [-0.15, -0.1) is 0 Å². The van der Waals surface area contributed by atoms with Crippen molar-refractivity contribution in [3.8, 4) is 16.9 Å². The average Bonchev–Trinajstić information content (AvgIpc) is 2.47. The predicted molar refractivity (Wildman–Crippen MR) is 78.0 cm³/mol. The van der Waals surface area contributed by atoms with E-state index < -0.39 is 5.97 Å². The summed E-state index contributed by atoms with van der Waals surface area (Å²) in [5, 5.41) is 21.1. The van der Waals surface area contributed by atoms with E-state index in [2.05, 4.69) is 0 Å². The summed E-state index contributed by atoms with van der Waals surface area (Å²) >= 11 is 0. The van der Waals surface area contributed by atoms with Gasteiger partial charge in [0.15, 0.2) is 0 Å². The van der Waals surface area contributed by atoms with Gasteiger partial charge in [-0.2, -0.15) is 0 Å². The first kappa shape index (κ1) is 12.2. The molecule has 0 atom stereocenters. The Labute approximate surface area is 115 Å². The number of carbonyl (C=O) groups is 1. The molecule has 0 aromatic heterocycles. The molecule has 0 saturated carbocycles. The summed E-state index contributed by atoms with van der Waals surface area (Å²) in [7, 11) is 0. The van der Waals surface area contributed by atoms with Crippen LogP contribution < -0.4 is 0 Å². The number of aromatic carboxylic acids is 1. The van der Waals surface area contributed by atoms with Gasteiger partial charge in [-0.3, -0.25) is 0 Å². The molecular formula is C17H12O3.